The maximum atomic E-state index is 12.7. The van der Waals surface area contributed by atoms with Gasteiger partial charge in [-0.2, -0.15) is 9.78 Å². The molecule has 2 heterocycles. The molecule has 0 aliphatic rings. The van der Waals surface area contributed by atoms with Gasteiger partial charge in [0.15, 0.2) is 0 Å². The minimum absolute atomic E-state index is 0.151. The molecule has 0 spiro atoms. The molecule has 1 amide bonds. The molecule has 3 rings (SSSR count). The van der Waals surface area contributed by atoms with E-state index in [1.54, 1.807) is 36.5 Å². The number of rotatable bonds is 6. The first-order valence-electron chi connectivity index (χ1n) is 9.00. The van der Waals surface area contributed by atoms with Crippen LogP contribution >= 0.6 is 0 Å². The van der Waals surface area contributed by atoms with Gasteiger partial charge in [0.05, 0.1) is 17.9 Å². The van der Waals surface area contributed by atoms with E-state index < -0.39 is 17.2 Å². The molecule has 0 saturated carbocycles. The number of hydrogen-bond acceptors (Lipinski definition) is 5. The fourth-order valence-corrected chi connectivity index (χ4v) is 2.69. The van der Waals surface area contributed by atoms with Crippen LogP contribution in [0.4, 0.5) is 0 Å². The number of aryl methyl sites for hydroxylation is 1. The van der Waals surface area contributed by atoms with Crippen molar-refractivity contribution in [3.8, 4) is 5.69 Å². The number of nitrogens with zero attached hydrogens (tertiary/aromatic N) is 4. The summed E-state index contributed by atoms with van der Waals surface area (Å²) in [5.74, 6) is -0.652. The van der Waals surface area contributed by atoms with Gasteiger partial charge in [-0.15, -0.1) is 0 Å². The maximum Gasteiger partial charge on any atom is 0.352 e. The third-order valence-electron chi connectivity index (χ3n) is 4.16. The molecule has 1 aromatic carbocycles. The summed E-state index contributed by atoms with van der Waals surface area (Å²) in [7, 11) is 0. The van der Waals surface area contributed by atoms with E-state index in [1.807, 2.05) is 26.0 Å². The Kier molecular flexibility index (Phi) is 5.78. The molecule has 3 aromatic rings. The highest BCUT2D eigenvalue weighted by Gasteiger charge is 2.19. The topological polar surface area (TPSA) is 98.9 Å². The Morgan fingerprint density at radius 2 is 1.86 bits per heavy atom. The highest BCUT2D eigenvalue weighted by molar-refractivity contribution is 5.91. The van der Waals surface area contributed by atoms with E-state index in [1.165, 1.54) is 0 Å². The van der Waals surface area contributed by atoms with Crippen LogP contribution in [0, 0.1) is 6.92 Å². The largest absolute Gasteiger partial charge is 0.352 e. The SMILES string of the molecule is CCCn1c(=O)c(C(=O)NCc2ccccn2)nn(-c2ccc(C)cc2)c1=O. The third kappa shape index (κ3) is 4.06. The van der Waals surface area contributed by atoms with Gasteiger partial charge in [-0.05, 0) is 37.6 Å². The van der Waals surface area contributed by atoms with Crippen molar-refractivity contribution in [2.45, 2.75) is 33.4 Å². The summed E-state index contributed by atoms with van der Waals surface area (Å²) in [4.78, 5) is 42.2. The fraction of sp³-hybridized carbons (Fsp3) is 0.250. The number of aromatic nitrogens is 4. The monoisotopic (exact) mass is 379 g/mol. The first-order chi connectivity index (χ1) is 13.5. The first kappa shape index (κ1) is 19.2. The Balaban J connectivity index is 2.02. The molecule has 2 aromatic heterocycles. The molecular weight excluding hydrogens is 358 g/mol. The summed E-state index contributed by atoms with van der Waals surface area (Å²) in [6.45, 7) is 4.13. The van der Waals surface area contributed by atoms with Crippen LogP contribution in [0.5, 0.6) is 0 Å². The lowest BCUT2D eigenvalue weighted by atomic mass is 10.2. The standard InChI is InChI=1S/C20H21N5O3/c1-3-12-24-19(27)17(18(26)22-13-15-6-4-5-11-21-15)23-25(20(24)28)16-9-7-14(2)8-10-16/h4-11H,3,12-13H2,1-2H3,(H,22,26). The Morgan fingerprint density at radius 3 is 2.50 bits per heavy atom. The molecule has 8 heteroatoms. The summed E-state index contributed by atoms with van der Waals surface area (Å²) in [5.41, 5.74) is 0.554. The number of carbonyl (C=O) groups is 1. The second-order valence-electron chi connectivity index (χ2n) is 6.34. The number of benzene rings is 1. The van der Waals surface area contributed by atoms with Crippen LogP contribution < -0.4 is 16.6 Å². The van der Waals surface area contributed by atoms with Gasteiger partial charge in [0, 0.05) is 12.7 Å². The van der Waals surface area contributed by atoms with Gasteiger partial charge >= 0.3 is 5.69 Å². The van der Waals surface area contributed by atoms with E-state index in [9.17, 15) is 14.4 Å². The number of pyridine rings is 1. The molecule has 1 N–H and O–H groups in total. The van der Waals surface area contributed by atoms with E-state index in [0.29, 0.717) is 17.8 Å². The molecule has 0 atom stereocenters. The van der Waals surface area contributed by atoms with E-state index in [0.717, 1.165) is 14.8 Å². The molecule has 0 aliphatic heterocycles. The lowest BCUT2D eigenvalue weighted by molar-refractivity contribution is 0.0940. The van der Waals surface area contributed by atoms with Crippen LogP contribution in [-0.4, -0.2) is 25.2 Å². The molecule has 0 radical (unpaired) electrons. The van der Waals surface area contributed by atoms with Gasteiger partial charge in [-0.1, -0.05) is 30.7 Å². The molecule has 8 nitrogen and oxygen atoms in total. The van der Waals surface area contributed by atoms with Gasteiger partial charge in [-0.25, -0.2) is 4.79 Å². The van der Waals surface area contributed by atoms with Gasteiger partial charge in [0.1, 0.15) is 0 Å². The van der Waals surface area contributed by atoms with E-state index in [4.69, 9.17) is 0 Å². The van der Waals surface area contributed by atoms with Crippen molar-refractivity contribution in [3.63, 3.8) is 0 Å². The normalized spacial score (nSPS) is 10.6. The smallest absolute Gasteiger partial charge is 0.345 e. The summed E-state index contributed by atoms with van der Waals surface area (Å²) in [5, 5.41) is 6.71. The Bertz CT molecular complexity index is 1090. The van der Waals surface area contributed by atoms with Gasteiger partial charge in [0.25, 0.3) is 11.5 Å². The van der Waals surface area contributed by atoms with E-state index >= 15 is 0 Å². The summed E-state index contributed by atoms with van der Waals surface area (Å²) in [6, 6.07) is 12.4. The van der Waals surface area contributed by atoms with Crippen molar-refractivity contribution in [2.24, 2.45) is 0 Å². The first-order valence-corrected chi connectivity index (χ1v) is 9.00. The molecule has 0 saturated heterocycles. The molecule has 0 aliphatic carbocycles. The van der Waals surface area contributed by atoms with Gasteiger partial charge in [0.2, 0.25) is 5.69 Å². The lowest BCUT2D eigenvalue weighted by Gasteiger charge is -2.12. The average Bonchev–Trinajstić information content (AvgIpc) is 2.71. The molecule has 144 valence electrons. The highest BCUT2D eigenvalue weighted by atomic mass is 16.2. The second kappa shape index (κ2) is 8.43. The van der Waals surface area contributed by atoms with Crippen molar-refractivity contribution in [1.82, 2.24) is 24.6 Å². The summed E-state index contributed by atoms with van der Waals surface area (Å²) >= 11 is 0. The van der Waals surface area contributed by atoms with Crippen molar-refractivity contribution in [2.75, 3.05) is 0 Å². The van der Waals surface area contributed by atoms with Crippen LogP contribution in [0.3, 0.4) is 0 Å². The number of nitrogens with one attached hydrogen (secondary N) is 1. The second-order valence-corrected chi connectivity index (χ2v) is 6.34. The van der Waals surface area contributed by atoms with Crippen LogP contribution in [0.2, 0.25) is 0 Å². The lowest BCUT2D eigenvalue weighted by Crippen LogP contribution is -2.45. The molecule has 0 bridgehead atoms. The summed E-state index contributed by atoms with van der Waals surface area (Å²) in [6.07, 6.45) is 2.19. The quantitative estimate of drug-likeness (QED) is 0.699. The molecule has 0 fully saturated rings. The fourth-order valence-electron chi connectivity index (χ4n) is 2.69. The van der Waals surface area contributed by atoms with Crippen LogP contribution in [0.1, 0.15) is 35.1 Å². The highest BCUT2D eigenvalue weighted by Crippen LogP contribution is 2.06. The maximum absolute atomic E-state index is 12.7. The van der Waals surface area contributed by atoms with Gasteiger partial charge < -0.3 is 5.32 Å². The zero-order valence-corrected chi connectivity index (χ0v) is 15.8. The predicted octanol–water partition coefficient (Wildman–Crippen LogP) is 1.44. The minimum Gasteiger partial charge on any atom is -0.345 e. The zero-order chi connectivity index (χ0) is 20.1. The van der Waals surface area contributed by atoms with Crippen LogP contribution in [0.25, 0.3) is 5.69 Å². The average molecular weight is 379 g/mol. The predicted molar refractivity (Wildman–Crippen MR) is 105 cm³/mol. The van der Waals surface area contributed by atoms with Crippen molar-refractivity contribution in [3.05, 3.63) is 86.5 Å². The van der Waals surface area contributed by atoms with Crippen LogP contribution in [-0.2, 0) is 13.1 Å². The zero-order valence-electron chi connectivity index (χ0n) is 15.8. The Hall–Kier alpha value is -3.55. The third-order valence-corrected chi connectivity index (χ3v) is 4.16. The van der Waals surface area contributed by atoms with E-state index in [2.05, 4.69) is 15.4 Å². The molecular formula is C20H21N5O3. The van der Waals surface area contributed by atoms with E-state index in [-0.39, 0.29) is 18.8 Å². The Morgan fingerprint density at radius 1 is 1.11 bits per heavy atom. The number of hydrogen-bond donors (Lipinski definition) is 1. The molecule has 28 heavy (non-hydrogen) atoms. The molecule has 0 unspecified atom stereocenters. The number of carbonyl (C=O) groups excluding carboxylic acids is 1. The minimum atomic E-state index is -0.700. The van der Waals surface area contributed by atoms with Crippen molar-refractivity contribution >= 4 is 5.91 Å². The van der Waals surface area contributed by atoms with Crippen LogP contribution in [0.15, 0.2) is 58.3 Å². The summed E-state index contributed by atoms with van der Waals surface area (Å²) < 4.78 is 2.13. The van der Waals surface area contributed by atoms with Crippen molar-refractivity contribution in [1.29, 1.82) is 0 Å². The number of amides is 1. The van der Waals surface area contributed by atoms with Crippen molar-refractivity contribution < 1.29 is 4.79 Å². The van der Waals surface area contributed by atoms with Gasteiger partial charge in [-0.3, -0.25) is 19.1 Å². The Labute approximate surface area is 161 Å².